The Kier molecular flexibility index (Phi) is 7.52. The monoisotopic (exact) mass is 278 g/mol. The molecule has 2 unspecified atom stereocenters. The average Bonchev–Trinajstić information content (AvgIpc) is 2.30. The number of urea groups is 1. The van der Waals surface area contributed by atoms with Crippen LogP contribution in [-0.4, -0.2) is 52.3 Å². The number of aldehydes is 1. The second-order valence-electron chi connectivity index (χ2n) is 3.37. The fraction of sp³-hybridized carbons (Fsp3) is 0.556. The lowest BCUT2D eigenvalue weighted by atomic mass is 10.2. The van der Waals surface area contributed by atoms with Gasteiger partial charge in [-0.25, -0.2) is 9.59 Å². The Bertz CT molecular complexity index is 335. The SMILES string of the molecule is O=CC(CCC(=O)O)NC(=O)NC(CS)C(=O)O. The van der Waals surface area contributed by atoms with Gasteiger partial charge in [-0.1, -0.05) is 0 Å². The minimum atomic E-state index is -1.26. The second kappa shape index (κ2) is 8.34. The van der Waals surface area contributed by atoms with Gasteiger partial charge in [-0.15, -0.1) is 0 Å². The van der Waals surface area contributed by atoms with Crippen LogP contribution in [-0.2, 0) is 14.4 Å². The van der Waals surface area contributed by atoms with E-state index in [1.54, 1.807) is 0 Å². The minimum absolute atomic E-state index is 0.0646. The Morgan fingerprint density at radius 1 is 1.22 bits per heavy atom. The third-order valence-electron chi connectivity index (χ3n) is 1.94. The van der Waals surface area contributed by atoms with E-state index in [1.807, 2.05) is 0 Å². The van der Waals surface area contributed by atoms with Crippen molar-refractivity contribution >= 4 is 36.9 Å². The Morgan fingerprint density at radius 3 is 2.22 bits per heavy atom. The molecule has 0 aromatic rings. The van der Waals surface area contributed by atoms with E-state index in [-0.39, 0.29) is 18.6 Å². The normalized spacial score (nSPS) is 13.2. The Labute approximate surface area is 108 Å². The summed E-state index contributed by atoms with van der Waals surface area (Å²) in [5.41, 5.74) is 0. The van der Waals surface area contributed by atoms with Crippen LogP contribution >= 0.6 is 12.6 Å². The molecule has 18 heavy (non-hydrogen) atoms. The lowest BCUT2D eigenvalue weighted by molar-refractivity contribution is -0.139. The van der Waals surface area contributed by atoms with Gasteiger partial charge in [-0.05, 0) is 6.42 Å². The highest BCUT2D eigenvalue weighted by Gasteiger charge is 2.20. The predicted octanol–water partition coefficient (Wildman–Crippen LogP) is -0.899. The summed E-state index contributed by atoms with van der Waals surface area (Å²) in [6.45, 7) is 0. The summed E-state index contributed by atoms with van der Waals surface area (Å²) in [7, 11) is 0. The lowest BCUT2D eigenvalue weighted by Crippen LogP contribution is -2.50. The number of carboxylic acids is 2. The van der Waals surface area contributed by atoms with Crippen LogP contribution in [0.4, 0.5) is 4.79 Å². The molecule has 0 aliphatic rings. The zero-order valence-corrected chi connectivity index (χ0v) is 10.2. The molecule has 0 heterocycles. The van der Waals surface area contributed by atoms with E-state index in [0.29, 0.717) is 6.29 Å². The number of amides is 2. The zero-order chi connectivity index (χ0) is 14.1. The summed E-state index contributed by atoms with van der Waals surface area (Å²) in [4.78, 5) is 42.8. The highest BCUT2D eigenvalue weighted by molar-refractivity contribution is 7.80. The van der Waals surface area contributed by atoms with E-state index < -0.39 is 30.1 Å². The summed E-state index contributed by atoms with van der Waals surface area (Å²) >= 11 is 3.74. The largest absolute Gasteiger partial charge is 0.481 e. The summed E-state index contributed by atoms with van der Waals surface area (Å²) in [5, 5.41) is 21.3. The molecule has 0 saturated heterocycles. The molecular weight excluding hydrogens is 264 g/mol. The number of carbonyl (C=O) groups is 4. The molecule has 0 rings (SSSR count). The van der Waals surface area contributed by atoms with Gasteiger partial charge in [0.1, 0.15) is 12.3 Å². The lowest BCUT2D eigenvalue weighted by Gasteiger charge is -2.15. The molecule has 9 heteroatoms. The highest BCUT2D eigenvalue weighted by atomic mass is 32.1. The fourth-order valence-corrected chi connectivity index (χ4v) is 1.25. The summed E-state index contributed by atoms with van der Waals surface area (Å²) in [6, 6.07) is -3.02. The highest BCUT2D eigenvalue weighted by Crippen LogP contribution is 1.95. The molecule has 8 nitrogen and oxygen atoms in total. The molecule has 2 atom stereocenters. The molecule has 4 N–H and O–H groups in total. The zero-order valence-electron chi connectivity index (χ0n) is 9.33. The molecular formula is C9H14N2O6S. The van der Waals surface area contributed by atoms with Gasteiger partial charge < -0.3 is 25.6 Å². The quantitative estimate of drug-likeness (QED) is 0.289. The van der Waals surface area contributed by atoms with E-state index in [2.05, 4.69) is 23.3 Å². The molecule has 0 spiro atoms. The maximum atomic E-state index is 11.3. The van der Waals surface area contributed by atoms with Crippen molar-refractivity contribution in [3.63, 3.8) is 0 Å². The van der Waals surface area contributed by atoms with Crippen LogP contribution in [0.15, 0.2) is 0 Å². The number of rotatable bonds is 8. The van der Waals surface area contributed by atoms with Crippen molar-refractivity contribution in [1.29, 1.82) is 0 Å². The average molecular weight is 278 g/mol. The first-order chi connectivity index (χ1) is 8.40. The van der Waals surface area contributed by atoms with E-state index in [4.69, 9.17) is 10.2 Å². The van der Waals surface area contributed by atoms with Crippen LogP contribution in [0, 0.1) is 0 Å². The third kappa shape index (κ3) is 6.74. The number of hydrogen-bond acceptors (Lipinski definition) is 5. The Hall–Kier alpha value is -1.77. The van der Waals surface area contributed by atoms with E-state index in [0.717, 1.165) is 0 Å². The number of carbonyl (C=O) groups excluding carboxylic acids is 2. The van der Waals surface area contributed by atoms with Crippen LogP contribution in [0.3, 0.4) is 0 Å². The van der Waals surface area contributed by atoms with E-state index in [9.17, 15) is 19.2 Å². The maximum absolute atomic E-state index is 11.3. The van der Waals surface area contributed by atoms with Crippen molar-refractivity contribution in [3.05, 3.63) is 0 Å². The minimum Gasteiger partial charge on any atom is -0.481 e. The molecule has 0 saturated carbocycles. The number of nitrogens with one attached hydrogen (secondary N) is 2. The molecule has 0 radical (unpaired) electrons. The Balaban J connectivity index is 4.22. The molecule has 102 valence electrons. The number of carboxylic acid groups (broad SMARTS) is 2. The number of aliphatic carboxylic acids is 2. The van der Waals surface area contributed by atoms with Crippen molar-refractivity contribution in [3.8, 4) is 0 Å². The van der Waals surface area contributed by atoms with Crippen molar-refractivity contribution in [1.82, 2.24) is 10.6 Å². The molecule has 0 aliphatic heterocycles. The number of hydrogen-bond donors (Lipinski definition) is 5. The third-order valence-corrected chi connectivity index (χ3v) is 2.30. The van der Waals surface area contributed by atoms with Crippen molar-refractivity contribution < 1.29 is 29.4 Å². The van der Waals surface area contributed by atoms with Gasteiger partial charge in [0, 0.05) is 12.2 Å². The van der Waals surface area contributed by atoms with Crippen LogP contribution in [0.2, 0.25) is 0 Å². The topological polar surface area (TPSA) is 133 Å². The van der Waals surface area contributed by atoms with Gasteiger partial charge in [-0.3, -0.25) is 4.79 Å². The summed E-state index contributed by atoms with van der Waals surface area (Å²) in [6.07, 6.45) is 0.0441. The van der Waals surface area contributed by atoms with Crippen molar-refractivity contribution in [2.75, 3.05) is 5.75 Å². The summed E-state index contributed by atoms with van der Waals surface area (Å²) in [5.74, 6) is -2.46. The predicted molar refractivity (Wildman–Crippen MR) is 63.7 cm³/mol. The molecule has 0 fully saturated rings. The Morgan fingerprint density at radius 2 is 1.83 bits per heavy atom. The van der Waals surface area contributed by atoms with Gasteiger partial charge in [0.2, 0.25) is 0 Å². The molecule has 0 aromatic carbocycles. The van der Waals surface area contributed by atoms with Crippen LogP contribution in [0.25, 0.3) is 0 Å². The van der Waals surface area contributed by atoms with Gasteiger partial charge in [0.05, 0.1) is 6.04 Å². The smallest absolute Gasteiger partial charge is 0.327 e. The van der Waals surface area contributed by atoms with Gasteiger partial charge in [-0.2, -0.15) is 12.6 Å². The first-order valence-corrected chi connectivity index (χ1v) is 5.61. The molecule has 0 aliphatic carbocycles. The van der Waals surface area contributed by atoms with Crippen molar-refractivity contribution in [2.24, 2.45) is 0 Å². The second-order valence-corrected chi connectivity index (χ2v) is 3.73. The maximum Gasteiger partial charge on any atom is 0.327 e. The van der Waals surface area contributed by atoms with Gasteiger partial charge >= 0.3 is 18.0 Å². The van der Waals surface area contributed by atoms with E-state index >= 15 is 0 Å². The fourth-order valence-electron chi connectivity index (χ4n) is 1.01. The molecule has 0 aromatic heterocycles. The summed E-state index contributed by atoms with van der Waals surface area (Å²) < 4.78 is 0. The van der Waals surface area contributed by atoms with Gasteiger partial charge in [0.25, 0.3) is 0 Å². The molecule has 2 amide bonds. The van der Waals surface area contributed by atoms with Gasteiger partial charge in [0.15, 0.2) is 0 Å². The first-order valence-electron chi connectivity index (χ1n) is 4.98. The van der Waals surface area contributed by atoms with Crippen LogP contribution in [0.5, 0.6) is 0 Å². The van der Waals surface area contributed by atoms with Crippen LogP contribution in [0.1, 0.15) is 12.8 Å². The number of thiol groups is 1. The first kappa shape index (κ1) is 16.2. The van der Waals surface area contributed by atoms with Crippen molar-refractivity contribution in [2.45, 2.75) is 24.9 Å². The standard InChI is InChI=1S/C9H14N2O6S/c12-3-5(1-2-7(13)14)10-9(17)11-6(4-18)8(15)16/h3,5-6,18H,1-2,4H2,(H,13,14)(H,15,16)(H2,10,11,17). The molecule has 0 bridgehead atoms. The van der Waals surface area contributed by atoms with Crippen LogP contribution < -0.4 is 10.6 Å². The van der Waals surface area contributed by atoms with E-state index in [1.165, 1.54) is 0 Å².